The van der Waals surface area contributed by atoms with E-state index in [1.54, 1.807) is 25.3 Å². The molecule has 6 nitrogen and oxygen atoms in total. The molecule has 2 aliphatic heterocycles. The Morgan fingerprint density at radius 1 is 1.06 bits per heavy atom. The minimum atomic E-state index is -0.173. The van der Waals surface area contributed by atoms with Crippen LogP contribution in [0.4, 0.5) is 5.69 Å². The van der Waals surface area contributed by atoms with Gasteiger partial charge in [0.15, 0.2) is 0 Å². The van der Waals surface area contributed by atoms with Crippen molar-refractivity contribution in [1.82, 2.24) is 4.90 Å². The molecule has 2 aromatic carbocycles. The predicted octanol–water partition coefficient (Wildman–Crippen LogP) is 4.82. The molecule has 0 radical (unpaired) electrons. The van der Waals surface area contributed by atoms with E-state index in [9.17, 15) is 9.59 Å². The van der Waals surface area contributed by atoms with E-state index < -0.39 is 0 Å². The number of amides is 2. The normalized spacial score (nSPS) is 25.0. The number of ether oxygens (including phenoxy) is 2. The number of fused-ring (bicyclic) bond motifs is 1. The highest BCUT2D eigenvalue weighted by molar-refractivity contribution is 6.04. The third-order valence-corrected chi connectivity index (χ3v) is 7.38. The van der Waals surface area contributed by atoms with Gasteiger partial charge in [-0.05, 0) is 61.6 Å². The smallest absolute Gasteiger partial charge is 0.255 e. The van der Waals surface area contributed by atoms with Crippen molar-refractivity contribution in [3.63, 3.8) is 0 Å². The first-order valence-electron chi connectivity index (χ1n) is 12.1. The lowest BCUT2D eigenvalue weighted by Gasteiger charge is -2.35. The van der Waals surface area contributed by atoms with Gasteiger partial charge in [0.1, 0.15) is 5.75 Å². The quantitative estimate of drug-likeness (QED) is 0.712. The summed E-state index contributed by atoms with van der Waals surface area (Å²) < 4.78 is 11.6. The molecule has 1 N–H and O–H groups in total. The second-order valence-corrected chi connectivity index (χ2v) is 9.52. The van der Waals surface area contributed by atoms with Gasteiger partial charge in [-0.2, -0.15) is 0 Å². The maximum absolute atomic E-state index is 12.9. The summed E-state index contributed by atoms with van der Waals surface area (Å²) in [5.74, 6) is 1.46. The van der Waals surface area contributed by atoms with Crippen molar-refractivity contribution in [2.24, 2.45) is 11.8 Å². The van der Waals surface area contributed by atoms with Gasteiger partial charge in [-0.3, -0.25) is 9.59 Å². The average molecular weight is 449 g/mol. The summed E-state index contributed by atoms with van der Waals surface area (Å²) in [4.78, 5) is 27.7. The molecular formula is C27H32N2O4. The molecule has 5 rings (SSSR count). The number of rotatable bonds is 5. The fraction of sp³-hybridized carbons (Fsp3) is 0.481. The zero-order valence-corrected chi connectivity index (χ0v) is 19.2. The molecule has 3 atom stereocenters. The van der Waals surface area contributed by atoms with E-state index >= 15 is 0 Å². The summed E-state index contributed by atoms with van der Waals surface area (Å²) in [5.41, 5.74) is 2.37. The van der Waals surface area contributed by atoms with Crippen LogP contribution in [0.2, 0.25) is 0 Å². The molecule has 2 saturated heterocycles. The number of benzene rings is 2. The number of hydrogen-bond acceptors (Lipinski definition) is 4. The number of nitrogens with zero attached hydrogens (tertiary/aromatic N) is 1. The van der Waals surface area contributed by atoms with Crippen LogP contribution in [0, 0.1) is 11.8 Å². The lowest BCUT2D eigenvalue weighted by atomic mass is 9.90. The average Bonchev–Trinajstić information content (AvgIpc) is 3.53. The first-order valence-corrected chi connectivity index (χ1v) is 12.1. The highest BCUT2D eigenvalue weighted by Crippen LogP contribution is 2.42. The summed E-state index contributed by atoms with van der Waals surface area (Å²) in [6.45, 7) is 1.61. The number of likely N-dealkylation sites (tertiary alicyclic amines) is 1. The summed E-state index contributed by atoms with van der Waals surface area (Å²) in [6.07, 6.45) is 6.50. The van der Waals surface area contributed by atoms with Crippen molar-refractivity contribution >= 4 is 17.5 Å². The van der Waals surface area contributed by atoms with Gasteiger partial charge in [-0.25, -0.2) is 0 Å². The Balaban J connectivity index is 1.22. The molecule has 1 saturated carbocycles. The Hall–Kier alpha value is -2.86. The molecule has 0 aromatic heterocycles. The topological polar surface area (TPSA) is 67.9 Å². The van der Waals surface area contributed by atoms with Gasteiger partial charge < -0.3 is 19.7 Å². The summed E-state index contributed by atoms with van der Waals surface area (Å²) >= 11 is 0. The molecule has 0 bridgehead atoms. The monoisotopic (exact) mass is 448 g/mol. The fourth-order valence-corrected chi connectivity index (χ4v) is 5.59. The Bertz CT molecular complexity index is 1020. The number of carbonyl (C=O) groups is 2. The largest absolute Gasteiger partial charge is 0.497 e. The third-order valence-electron chi connectivity index (χ3n) is 7.38. The summed E-state index contributed by atoms with van der Waals surface area (Å²) in [7, 11) is 1.59. The Kier molecular flexibility index (Phi) is 6.36. The molecule has 3 fully saturated rings. The van der Waals surface area contributed by atoms with Gasteiger partial charge in [0.25, 0.3) is 5.91 Å². The third kappa shape index (κ3) is 4.76. The van der Waals surface area contributed by atoms with Crippen LogP contribution in [-0.4, -0.2) is 43.0 Å². The van der Waals surface area contributed by atoms with Crippen LogP contribution in [0.25, 0.3) is 0 Å². The van der Waals surface area contributed by atoms with Gasteiger partial charge in [-0.15, -0.1) is 0 Å². The minimum Gasteiger partial charge on any atom is -0.497 e. The molecule has 1 aliphatic carbocycles. The Labute approximate surface area is 195 Å². The number of anilines is 1. The van der Waals surface area contributed by atoms with Crippen molar-refractivity contribution in [3.05, 3.63) is 59.7 Å². The van der Waals surface area contributed by atoms with Gasteiger partial charge in [0, 0.05) is 36.2 Å². The number of piperidine rings is 1. The van der Waals surface area contributed by atoms with Crippen molar-refractivity contribution < 1.29 is 19.1 Å². The SMILES string of the molecule is COc1cccc(C(=O)Nc2cccc(C3CC4CN(C(=O)C5CCCC5)CCC4O3)c2)c1. The number of nitrogens with one attached hydrogen (secondary N) is 1. The molecule has 0 spiro atoms. The molecule has 6 heteroatoms. The van der Waals surface area contributed by atoms with Gasteiger partial charge in [-0.1, -0.05) is 31.0 Å². The van der Waals surface area contributed by atoms with E-state index in [2.05, 4.69) is 16.3 Å². The van der Waals surface area contributed by atoms with Crippen molar-refractivity contribution in [3.8, 4) is 5.75 Å². The van der Waals surface area contributed by atoms with E-state index in [-0.39, 0.29) is 24.0 Å². The molecule has 3 unspecified atom stereocenters. The minimum absolute atomic E-state index is 0.00444. The van der Waals surface area contributed by atoms with E-state index in [1.165, 1.54) is 12.8 Å². The lowest BCUT2D eigenvalue weighted by molar-refractivity contribution is -0.138. The second-order valence-electron chi connectivity index (χ2n) is 9.52. The number of carbonyl (C=O) groups excluding carboxylic acids is 2. The highest BCUT2D eigenvalue weighted by Gasteiger charge is 2.41. The standard InChI is InChI=1S/C27H32N2O4/c1-32-23-11-5-9-20(15-23)26(30)28-22-10-4-8-19(14-22)25-16-21-17-29(13-12-24(21)33-25)27(31)18-6-2-3-7-18/h4-5,8-11,14-15,18,21,24-25H,2-3,6-7,12-13,16-17H2,1H3,(H,28,30). The molecule has 2 heterocycles. The molecule has 33 heavy (non-hydrogen) atoms. The molecular weight excluding hydrogens is 416 g/mol. The number of hydrogen-bond donors (Lipinski definition) is 1. The van der Waals surface area contributed by atoms with Crippen LogP contribution in [-0.2, 0) is 9.53 Å². The van der Waals surface area contributed by atoms with Crippen LogP contribution in [0.5, 0.6) is 5.75 Å². The first-order chi connectivity index (χ1) is 16.1. The maximum Gasteiger partial charge on any atom is 0.255 e. The van der Waals surface area contributed by atoms with Gasteiger partial charge >= 0.3 is 0 Å². The first kappa shape index (κ1) is 22.0. The molecule has 2 amide bonds. The zero-order chi connectivity index (χ0) is 22.8. The van der Waals surface area contributed by atoms with E-state index in [4.69, 9.17) is 9.47 Å². The molecule has 174 valence electrons. The zero-order valence-electron chi connectivity index (χ0n) is 19.2. The fourth-order valence-electron chi connectivity index (χ4n) is 5.59. The predicted molar refractivity (Wildman–Crippen MR) is 126 cm³/mol. The van der Waals surface area contributed by atoms with E-state index in [1.807, 2.05) is 24.3 Å². The molecule has 2 aromatic rings. The van der Waals surface area contributed by atoms with Crippen LogP contribution in [0.1, 0.15) is 60.6 Å². The van der Waals surface area contributed by atoms with E-state index in [0.717, 1.165) is 50.0 Å². The van der Waals surface area contributed by atoms with Crippen LogP contribution >= 0.6 is 0 Å². The second kappa shape index (κ2) is 9.56. The van der Waals surface area contributed by atoms with Crippen molar-refractivity contribution in [2.75, 3.05) is 25.5 Å². The number of methoxy groups -OCH3 is 1. The lowest BCUT2D eigenvalue weighted by Crippen LogP contribution is -2.46. The molecule has 3 aliphatic rings. The Morgan fingerprint density at radius 3 is 2.70 bits per heavy atom. The highest BCUT2D eigenvalue weighted by atomic mass is 16.5. The van der Waals surface area contributed by atoms with E-state index in [0.29, 0.717) is 23.1 Å². The van der Waals surface area contributed by atoms with Gasteiger partial charge in [0.05, 0.1) is 19.3 Å². The van der Waals surface area contributed by atoms with Crippen molar-refractivity contribution in [1.29, 1.82) is 0 Å². The van der Waals surface area contributed by atoms with Gasteiger partial charge in [0.2, 0.25) is 5.91 Å². The Morgan fingerprint density at radius 2 is 1.88 bits per heavy atom. The summed E-state index contributed by atoms with van der Waals surface area (Å²) in [6, 6.07) is 15.0. The van der Waals surface area contributed by atoms with Crippen LogP contribution < -0.4 is 10.1 Å². The summed E-state index contributed by atoms with van der Waals surface area (Å²) in [5, 5.41) is 2.99. The van der Waals surface area contributed by atoms with Crippen molar-refractivity contribution in [2.45, 2.75) is 50.7 Å². The van der Waals surface area contributed by atoms with Crippen LogP contribution in [0.15, 0.2) is 48.5 Å². The van der Waals surface area contributed by atoms with Crippen LogP contribution in [0.3, 0.4) is 0 Å². The maximum atomic E-state index is 12.9.